The van der Waals surface area contributed by atoms with Gasteiger partial charge in [0.1, 0.15) is 0 Å². The van der Waals surface area contributed by atoms with E-state index in [9.17, 15) is 0 Å². The topological polar surface area (TPSA) is 38.7 Å². The van der Waals surface area contributed by atoms with Gasteiger partial charge in [0.2, 0.25) is 5.28 Å². The molecule has 4 heteroatoms. The summed E-state index contributed by atoms with van der Waals surface area (Å²) in [6, 6.07) is 5.78. The molecule has 0 amide bonds. The number of nitrogens with zero attached hydrogens (tertiary/aromatic N) is 3. The zero-order valence-corrected chi connectivity index (χ0v) is 9.94. The fourth-order valence-electron chi connectivity index (χ4n) is 1.40. The number of pyridine rings is 1. The lowest BCUT2D eigenvalue weighted by molar-refractivity contribution is 0.815. The molecule has 3 nitrogen and oxygen atoms in total. The first kappa shape index (κ1) is 11.0. The van der Waals surface area contributed by atoms with E-state index in [-0.39, 0.29) is 5.28 Å². The minimum atomic E-state index is 0.290. The average Bonchev–Trinajstić information content (AvgIpc) is 2.29. The Balaban J connectivity index is 2.50. The van der Waals surface area contributed by atoms with Gasteiger partial charge in [0.05, 0.1) is 5.69 Å². The smallest absolute Gasteiger partial charge is 0.223 e. The van der Waals surface area contributed by atoms with Crippen LogP contribution in [0.25, 0.3) is 11.3 Å². The Hall–Kier alpha value is -1.48. The third-order valence-corrected chi connectivity index (χ3v) is 2.46. The zero-order valence-electron chi connectivity index (χ0n) is 9.18. The molecule has 0 spiro atoms. The van der Waals surface area contributed by atoms with Crippen molar-refractivity contribution in [2.24, 2.45) is 0 Å². The van der Waals surface area contributed by atoms with Gasteiger partial charge in [0, 0.05) is 23.7 Å². The molecule has 2 rings (SSSR count). The summed E-state index contributed by atoms with van der Waals surface area (Å²) >= 11 is 5.91. The molecule has 0 aliphatic heterocycles. The highest BCUT2D eigenvalue weighted by Crippen LogP contribution is 2.22. The molecule has 0 aliphatic carbocycles. The largest absolute Gasteiger partial charge is 0.265 e. The first-order valence-electron chi connectivity index (χ1n) is 5.11. The lowest BCUT2D eigenvalue weighted by Crippen LogP contribution is -1.97. The molecule has 0 bridgehead atoms. The second-order valence-electron chi connectivity index (χ2n) is 3.84. The minimum absolute atomic E-state index is 0.290. The van der Waals surface area contributed by atoms with Crippen LogP contribution >= 0.6 is 11.6 Å². The maximum absolute atomic E-state index is 5.91. The van der Waals surface area contributed by atoms with Crippen LogP contribution in [-0.4, -0.2) is 15.0 Å². The number of hydrogen-bond acceptors (Lipinski definition) is 3. The molecule has 0 radical (unpaired) electrons. The first-order chi connectivity index (χ1) is 7.66. The summed E-state index contributed by atoms with van der Waals surface area (Å²) in [6.45, 7) is 4.16. The van der Waals surface area contributed by atoms with Crippen LogP contribution in [0.3, 0.4) is 0 Å². The second kappa shape index (κ2) is 4.58. The van der Waals surface area contributed by atoms with Gasteiger partial charge in [-0.15, -0.1) is 0 Å². The van der Waals surface area contributed by atoms with Gasteiger partial charge in [-0.1, -0.05) is 13.8 Å². The van der Waals surface area contributed by atoms with E-state index in [1.807, 2.05) is 18.2 Å². The number of hydrogen-bond donors (Lipinski definition) is 0. The Morgan fingerprint density at radius 1 is 1.12 bits per heavy atom. The molecule has 0 fully saturated rings. The van der Waals surface area contributed by atoms with Crippen LogP contribution < -0.4 is 0 Å². The molecule has 0 unspecified atom stereocenters. The van der Waals surface area contributed by atoms with E-state index in [0.717, 1.165) is 17.0 Å². The normalized spacial score (nSPS) is 10.8. The van der Waals surface area contributed by atoms with E-state index in [1.165, 1.54) is 0 Å². The Labute approximate surface area is 99.5 Å². The van der Waals surface area contributed by atoms with Crippen molar-refractivity contribution in [1.82, 2.24) is 15.0 Å². The molecule has 0 N–H and O–H groups in total. The van der Waals surface area contributed by atoms with Gasteiger partial charge in [-0.2, -0.15) is 0 Å². The van der Waals surface area contributed by atoms with Crippen molar-refractivity contribution in [3.8, 4) is 11.3 Å². The molecular formula is C12H12ClN3. The second-order valence-corrected chi connectivity index (χ2v) is 4.18. The Morgan fingerprint density at radius 2 is 1.81 bits per heavy atom. The highest BCUT2D eigenvalue weighted by atomic mass is 35.5. The van der Waals surface area contributed by atoms with E-state index in [2.05, 4.69) is 28.8 Å². The molecule has 82 valence electrons. The third kappa shape index (κ3) is 2.36. The van der Waals surface area contributed by atoms with Crippen molar-refractivity contribution in [3.05, 3.63) is 41.6 Å². The number of rotatable bonds is 2. The molecule has 0 aliphatic rings. The number of aromatic nitrogens is 3. The predicted molar refractivity (Wildman–Crippen MR) is 64.4 cm³/mol. The first-order valence-corrected chi connectivity index (χ1v) is 5.49. The van der Waals surface area contributed by atoms with Crippen LogP contribution in [0.15, 0.2) is 30.6 Å². The average molecular weight is 234 g/mol. The van der Waals surface area contributed by atoms with Crippen LogP contribution in [0.5, 0.6) is 0 Å². The monoisotopic (exact) mass is 233 g/mol. The van der Waals surface area contributed by atoms with Crippen LogP contribution in [0, 0.1) is 0 Å². The lowest BCUT2D eigenvalue weighted by atomic mass is 10.1. The van der Waals surface area contributed by atoms with Crippen LogP contribution in [-0.2, 0) is 0 Å². The summed E-state index contributed by atoms with van der Waals surface area (Å²) in [5, 5.41) is 0.290. The highest BCUT2D eigenvalue weighted by molar-refractivity contribution is 6.28. The molecule has 0 atom stereocenters. The zero-order chi connectivity index (χ0) is 11.5. The Bertz CT molecular complexity index is 483. The van der Waals surface area contributed by atoms with E-state index in [1.54, 1.807) is 12.4 Å². The Morgan fingerprint density at radius 3 is 2.44 bits per heavy atom. The summed E-state index contributed by atoms with van der Waals surface area (Å²) in [5.74, 6) is 0.334. The van der Waals surface area contributed by atoms with Gasteiger partial charge in [-0.25, -0.2) is 9.97 Å². The van der Waals surface area contributed by atoms with Gasteiger partial charge in [-0.3, -0.25) is 4.98 Å². The van der Waals surface area contributed by atoms with E-state index in [0.29, 0.717) is 5.92 Å². The van der Waals surface area contributed by atoms with Gasteiger partial charge in [-0.05, 0) is 35.7 Å². The summed E-state index contributed by atoms with van der Waals surface area (Å²) < 4.78 is 0. The van der Waals surface area contributed by atoms with Crippen LogP contribution in [0.1, 0.15) is 25.5 Å². The fourth-order valence-corrected chi connectivity index (χ4v) is 1.59. The third-order valence-electron chi connectivity index (χ3n) is 2.29. The van der Waals surface area contributed by atoms with Crippen molar-refractivity contribution < 1.29 is 0 Å². The molecule has 16 heavy (non-hydrogen) atoms. The standard InChI is InChI=1S/C12H12ClN3/c1-8(2)10-7-11(16-12(13)15-10)9-3-5-14-6-4-9/h3-8H,1-2H3. The SMILES string of the molecule is CC(C)c1cc(-c2ccncc2)nc(Cl)n1. The number of halogens is 1. The van der Waals surface area contributed by atoms with Gasteiger partial charge in [0.25, 0.3) is 0 Å². The van der Waals surface area contributed by atoms with E-state index in [4.69, 9.17) is 11.6 Å². The molecule has 0 saturated carbocycles. The molecular weight excluding hydrogens is 222 g/mol. The summed E-state index contributed by atoms with van der Waals surface area (Å²) in [6.07, 6.45) is 3.47. The molecule has 0 saturated heterocycles. The van der Waals surface area contributed by atoms with E-state index >= 15 is 0 Å². The fraction of sp³-hybridized carbons (Fsp3) is 0.250. The van der Waals surface area contributed by atoms with Gasteiger partial charge in [0.15, 0.2) is 0 Å². The van der Waals surface area contributed by atoms with Crippen molar-refractivity contribution >= 4 is 11.6 Å². The quantitative estimate of drug-likeness (QED) is 0.747. The van der Waals surface area contributed by atoms with Crippen molar-refractivity contribution in [2.75, 3.05) is 0 Å². The van der Waals surface area contributed by atoms with Gasteiger partial charge >= 0.3 is 0 Å². The maximum Gasteiger partial charge on any atom is 0.223 e. The van der Waals surface area contributed by atoms with Crippen LogP contribution in [0.2, 0.25) is 5.28 Å². The molecule has 2 aromatic rings. The summed E-state index contributed by atoms with van der Waals surface area (Å²) in [7, 11) is 0. The molecule has 2 heterocycles. The van der Waals surface area contributed by atoms with Crippen molar-refractivity contribution in [2.45, 2.75) is 19.8 Å². The van der Waals surface area contributed by atoms with Crippen LogP contribution in [0.4, 0.5) is 0 Å². The highest BCUT2D eigenvalue weighted by Gasteiger charge is 2.07. The summed E-state index contributed by atoms with van der Waals surface area (Å²) in [5.41, 5.74) is 2.79. The maximum atomic E-state index is 5.91. The van der Waals surface area contributed by atoms with Crippen molar-refractivity contribution in [3.63, 3.8) is 0 Å². The lowest BCUT2D eigenvalue weighted by Gasteiger charge is -2.07. The van der Waals surface area contributed by atoms with Gasteiger partial charge < -0.3 is 0 Å². The molecule has 2 aromatic heterocycles. The van der Waals surface area contributed by atoms with Crippen molar-refractivity contribution in [1.29, 1.82) is 0 Å². The summed E-state index contributed by atoms with van der Waals surface area (Å²) in [4.78, 5) is 12.4. The Kier molecular flexibility index (Phi) is 3.15. The minimum Gasteiger partial charge on any atom is -0.265 e. The van der Waals surface area contributed by atoms with E-state index < -0.39 is 0 Å². The molecule has 0 aromatic carbocycles. The predicted octanol–water partition coefficient (Wildman–Crippen LogP) is 3.32.